The van der Waals surface area contributed by atoms with Gasteiger partial charge in [0.1, 0.15) is 11.5 Å². The van der Waals surface area contributed by atoms with Crippen molar-refractivity contribution in [3.8, 4) is 23.0 Å². The molecule has 4 rings (SSSR count). The standard InChI is InChI=1S/C18H12ClN3O4S/c19-13-3-6-15(7-4-13)27(23,24)11-14-5-8-16(25-14)18-21-17(22-26-18)12-2-1-9-20-10-12/h1-10H,11H2. The molecule has 4 aromatic rings. The number of aromatic nitrogens is 3. The molecule has 9 heteroatoms. The Morgan fingerprint density at radius 1 is 1.04 bits per heavy atom. The molecule has 0 aliphatic heterocycles. The van der Waals surface area contributed by atoms with Crippen molar-refractivity contribution >= 4 is 21.4 Å². The van der Waals surface area contributed by atoms with Gasteiger partial charge in [0.05, 0.1) is 4.90 Å². The van der Waals surface area contributed by atoms with Crippen LogP contribution in [0.3, 0.4) is 0 Å². The summed E-state index contributed by atoms with van der Waals surface area (Å²) in [4.78, 5) is 8.42. The number of hydrogen-bond acceptors (Lipinski definition) is 7. The predicted molar refractivity (Wildman–Crippen MR) is 97.6 cm³/mol. The molecule has 0 saturated carbocycles. The average molecular weight is 402 g/mol. The van der Waals surface area contributed by atoms with Crippen LogP contribution in [0.4, 0.5) is 0 Å². The number of halogens is 1. The van der Waals surface area contributed by atoms with Gasteiger partial charge in [-0.2, -0.15) is 4.98 Å². The maximum atomic E-state index is 12.5. The SMILES string of the molecule is O=S(=O)(Cc1ccc(-c2nc(-c3cccnc3)no2)o1)c1ccc(Cl)cc1. The molecule has 7 nitrogen and oxygen atoms in total. The van der Waals surface area contributed by atoms with E-state index in [-0.39, 0.29) is 22.3 Å². The first-order chi connectivity index (χ1) is 13.0. The Balaban J connectivity index is 1.55. The zero-order valence-corrected chi connectivity index (χ0v) is 15.3. The molecule has 27 heavy (non-hydrogen) atoms. The minimum absolute atomic E-state index is 0.156. The summed E-state index contributed by atoms with van der Waals surface area (Å²) in [5.41, 5.74) is 0.699. The largest absolute Gasteiger partial charge is 0.455 e. The lowest BCUT2D eigenvalue weighted by Gasteiger charge is -2.02. The first kappa shape index (κ1) is 17.4. The second-order valence-electron chi connectivity index (χ2n) is 5.64. The highest BCUT2D eigenvalue weighted by Gasteiger charge is 2.20. The van der Waals surface area contributed by atoms with Crippen molar-refractivity contribution in [3.63, 3.8) is 0 Å². The third kappa shape index (κ3) is 3.76. The van der Waals surface area contributed by atoms with Gasteiger partial charge in [0.2, 0.25) is 5.82 Å². The lowest BCUT2D eigenvalue weighted by Crippen LogP contribution is -2.03. The van der Waals surface area contributed by atoms with Crippen LogP contribution >= 0.6 is 11.6 Å². The lowest BCUT2D eigenvalue weighted by atomic mass is 10.3. The van der Waals surface area contributed by atoms with E-state index < -0.39 is 9.84 Å². The maximum Gasteiger partial charge on any atom is 0.293 e. The van der Waals surface area contributed by atoms with Crippen molar-refractivity contribution in [2.75, 3.05) is 0 Å². The Morgan fingerprint density at radius 3 is 2.59 bits per heavy atom. The van der Waals surface area contributed by atoms with Crippen LogP contribution in [-0.2, 0) is 15.6 Å². The molecule has 0 atom stereocenters. The van der Waals surface area contributed by atoms with Crippen molar-refractivity contribution < 1.29 is 17.4 Å². The first-order valence-electron chi connectivity index (χ1n) is 7.83. The summed E-state index contributed by atoms with van der Waals surface area (Å²) in [5.74, 6) is 0.784. The third-order valence-electron chi connectivity index (χ3n) is 3.72. The van der Waals surface area contributed by atoms with Gasteiger partial charge < -0.3 is 8.94 Å². The van der Waals surface area contributed by atoms with Crippen molar-refractivity contribution in [1.29, 1.82) is 0 Å². The number of hydrogen-bond donors (Lipinski definition) is 0. The summed E-state index contributed by atoms with van der Waals surface area (Å²) in [6, 6.07) is 12.7. The second kappa shape index (κ2) is 6.98. The number of sulfone groups is 1. The van der Waals surface area contributed by atoms with E-state index in [1.54, 1.807) is 36.7 Å². The molecule has 3 aromatic heterocycles. The van der Waals surface area contributed by atoms with Crippen LogP contribution < -0.4 is 0 Å². The van der Waals surface area contributed by atoms with Crippen molar-refractivity contribution in [1.82, 2.24) is 15.1 Å². The molecule has 1 aromatic carbocycles. The van der Waals surface area contributed by atoms with Crippen LogP contribution in [0.25, 0.3) is 23.0 Å². The molecular formula is C18H12ClN3O4S. The normalized spacial score (nSPS) is 11.6. The number of furan rings is 1. The molecular weight excluding hydrogens is 390 g/mol. The highest BCUT2D eigenvalue weighted by Crippen LogP contribution is 2.26. The van der Waals surface area contributed by atoms with E-state index in [1.807, 2.05) is 0 Å². The second-order valence-corrected chi connectivity index (χ2v) is 8.07. The van der Waals surface area contributed by atoms with E-state index in [1.165, 1.54) is 24.3 Å². The fourth-order valence-electron chi connectivity index (χ4n) is 2.42. The van der Waals surface area contributed by atoms with Gasteiger partial charge in [-0.15, -0.1) is 0 Å². The van der Waals surface area contributed by atoms with Gasteiger partial charge >= 0.3 is 0 Å². The van der Waals surface area contributed by atoms with Crippen molar-refractivity contribution in [2.45, 2.75) is 10.6 Å². The summed E-state index contributed by atoms with van der Waals surface area (Å²) >= 11 is 5.80. The fraction of sp³-hybridized carbons (Fsp3) is 0.0556. The number of rotatable bonds is 5. The lowest BCUT2D eigenvalue weighted by molar-refractivity contribution is 0.413. The molecule has 136 valence electrons. The zero-order chi connectivity index (χ0) is 18.9. The molecule has 0 aliphatic rings. The average Bonchev–Trinajstić information content (AvgIpc) is 3.32. The van der Waals surface area contributed by atoms with Gasteiger partial charge in [-0.1, -0.05) is 16.8 Å². The molecule has 0 aliphatic carbocycles. The van der Waals surface area contributed by atoms with Crippen LogP contribution in [0.5, 0.6) is 0 Å². The van der Waals surface area contributed by atoms with Crippen molar-refractivity contribution in [2.24, 2.45) is 0 Å². The molecule has 0 unspecified atom stereocenters. The van der Waals surface area contributed by atoms with Gasteiger partial charge in [0, 0.05) is 23.0 Å². The molecule has 3 heterocycles. The van der Waals surface area contributed by atoms with E-state index in [0.29, 0.717) is 22.2 Å². The molecule has 0 bridgehead atoms. The zero-order valence-electron chi connectivity index (χ0n) is 13.7. The molecule has 0 radical (unpaired) electrons. The Labute approximate surface area is 159 Å². The monoisotopic (exact) mass is 401 g/mol. The van der Waals surface area contributed by atoms with E-state index >= 15 is 0 Å². The highest BCUT2D eigenvalue weighted by molar-refractivity contribution is 7.90. The molecule has 0 N–H and O–H groups in total. The smallest absolute Gasteiger partial charge is 0.293 e. The molecule has 0 saturated heterocycles. The van der Waals surface area contributed by atoms with Gasteiger partial charge in [-0.3, -0.25) is 4.98 Å². The Kier molecular flexibility index (Phi) is 4.51. The Bertz CT molecular complexity index is 1170. The summed E-state index contributed by atoms with van der Waals surface area (Å²) in [7, 11) is -3.56. The predicted octanol–water partition coefficient (Wildman–Crippen LogP) is 4.02. The van der Waals surface area contributed by atoms with Gasteiger partial charge in [0.25, 0.3) is 5.89 Å². The van der Waals surface area contributed by atoms with Gasteiger partial charge in [-0.05, 0) is 48.5 Å². The Hall–Kier alpha value is -2.97. The minimum atomic E-state index is -3.56. The molecule has 0 fully saturated rings. The summed E-state index contributed by atoms with van der Waals surface area (Å²) in [6.45, 7) is 0. The summed E-state index contributed by atoms with van der Waals surface area (Å²) in [6.07, 6.45) is 3.26. The van der Waals surface area contributed by atoms with Crippen LogP contribution in [0.15, 0.2) is 74.8 Å². The van der Waals surface area contributed by atoms with Crippen molar-refractivity contribution in [3.05, 3.63) is 71.7 Å². The summed E-state index contributed by atoms with van der Waals surface area (Å²) < 4.78 is 35.8. The van der Waals surface area contributed by atoms with Gasteiger partial charge in [0.15, 0.2) is 15.6 Å². The minimum Gasteiger partial charge on any atom is -0.455 e. The van der Waals surface area contributed by atoms with Gasteiger partial charge in [-0.25, -0.2) is 8.42 Å². The van der Waals surface area contributed by atoms with E-state index in [2.05, 4.69) is 15.1 Å². The molecule has 0 spiro atoms. The van der Waals surface area contributed by atoms with Crippen LogP contribution in [0.2, 0.25) is 5.02 Å². The third-order valence-corrected chi connectivity index (χ3v) is 5.63. The summed E-state index contributed by atoms with van der Waals surface area (Å²) in [5, 5.41) is 4.35. The number of benzene rings is 1. The number of nitrogens with zero attached hydrogens (tertiary/aromatic N) is 3. The Morgan fingerprint density at radius 2 is 1.85 bits per heavy atom. The highest BCUT2D eigenvalue weighted by atomic mass is 35.5. The van der Waals surface area contributed by atoms with Crippen LogP contribution in [0, 0.1) is 0 Å². The first-order valence-corrected chi connectivity index (χ1v) is 9.86. The maximum absolute atomic E-state index is 12.5. The van der Waals surface area contributed by atoms with E-state index in [4.69, 9.17) is 20.5 Å². The quantitative estimate of drug-likeness (QED) is 0.498. The number of pyridine rings is 1. The molecule has 0 amide bonds. The van der Waals surface area contributed by atoms with E-state index in [0.717, 1.165) is 0 Å². The fourth-order valence-corrected chi connectivity index (χ4v) is 3.79. The van der Waals surface area contributed by atoms with Crippen LogP contribution in [0.1, 0.15) is 5.76 Å². The van der Waals surface area contributed by atoms with E-state index in [9.17, 15) is 8.42 Å². The topological polar surface area (TPSA) is 99.1 Å². The van der Waals surface area contributed by atoms with Crippen LogP contribution in [-0.4, -0.2) is 23.5 Å².